The second kappa shape index (κ2) is 5.85. The van der Waals surface area contributed by atoms with Gasteiger partial charge >= 0.3 is 5.97 Å². The van der Waals surface area contributed by atoms with Gasteiger partial charge in [-0.05, 0) is 39.7 Å². The molecule has 0 aliphatic carbocycles. The molecule has 1 heterocycles. The minimum Gasteiger partial charge on any atom is -0.481 e. The fourth-order valence-electron chi connectivity index (χ4n) is 1.85. The SMILES string of the molecule is Cc1cccc(=O)n1CCCCC(C)(C)C(=O)O. The van der Waals surface area contributed by atoms with Crippen LogP contribution in [0.25, 0.3) is 0 Å². The Bertz CT molecular complexity index is 474. The number of nitrogens with zero attached hydrogens (tertiary/aromatic N) is 1. The minimum atomic E-state index is -0.768. The molecule has 0 amide bonds. The second-order valence-electron chi connectivity index (χ2n) is 5.30. The van der Waals surface area contributed by atoms with E-state index in [1.54, 1.807) is 30.5 Å². The quantitative estimate of drug-likeness (QED) is 0.790. The third-order valence-corrected chi connectivity index (χ3v) is 3.28. The van der Waals surface area contributed by atoms with Gasteiger partial charge in [0.1, 0.15) is 0 Å². The van der Waals surface area contributed by atoms with E-state index in [1.165, 1.54) is 0 Å². The Balaban J connectivity index is 2.48. The van der Waals surface area contributed by atoms with Crippen LogP contribution in [-0.4, -0.2) is 15.6 Å². The molecule has 0 spiro atoms. The van der Waals surface area contributed by atoms with Gasteiger partial charge in [0.05, 0.1) is 5.41 Å². The number of hydrogen-bond acceptors (Lipinski definition) is 2. The van der Waals surface area contributed by atoms with E-state index in [4.69, 9.17) is 5.11 Å². The molecule has 1 N–H and O–H groups in total. The summed E-state index contributed by atoms with van der Waals surface area (Å²) >= 11 is 0. The molecule has 0 radical (unpaired) electrons. The number of carboxylic acids is 1. The van der Waals surface area contributed by atoms with Gasteiger partial charge in [-0.2, -0.15) is 0 Å². The molecule has 100 valence electrons. The maximum Gasteiger partial charge on any atom is 0.309 e. The van der Waals surface area contributed by atoms with Crippen LogP contribution in [0.15, 0.2) is 23.0 Å². The van der Waals surface area contributed by atoms with Crippen LogP contribution in [0, 0.1) is 12.3 Å². The summed E-state index contributed by atoms with van der Waals surface area (Å²) < 4.78 is 1.73. The minimum absolute atomic E-state index is 0.00694. The largest absolute Gasteiger partial charge is 0.481 e. The summed E-state index contributed by atoms with van der Waals surface area (Å²) in [6.07, 6.45) is 2.25. The number of aryl methyl sites for hydroxylation is 1. The number of aliphatic carboxylic acids is 1. The Labute approximate surface area is 107 Å². The van der Waals surface area contributed by atoms with Crippen molar-refractivity contribution < 1.29 is 9.90 Å². The smallest absolute Gasteiger partial charge is 0.309 e. The van der Waals surface area contributed by atoms with E-state index in [-0.39, 0.29) is 5.56 Å². The molecular formula is C14H21NO3. The molecule has 0 fully saturated rings. The Hall–Kier alpha value is -1.58. The van der Waals surface area contributed by atoms with Crippen LogP contribution in [0.4, 0.5) is 0 Å². The van der Waals surface area contributed by atoms with Crippen molar-refractivity contribution in [3.8, 4) is 0 Å². The van der Waals surface area contributed by atoms with Gasteiger partial charge in [-0.3, -0.25) is 9.59 Å². The lowest BCUT2D eigenvalue weighted by molar-refractivity contribution is -0.147. The molecule has 0 aromatic carbocycles. The van der Waals surface area contributed by atoms with Crippen LogP contribution >= 0.6 is 0 Å². The number of pyridine rings is 1. The third kappa shape index (κ3) is 3.72. The van der Waals surface area contributed by atoms with E-state index in [1.807, 2.05) is 13.0 Å². The number of unbranched alkanes of at least 4 members (excludes halogenated alkanes) is 1. The maximum absolute atomic E-state index is 11.6. The van der Waals surface area contributed by atoms with Crippen LogP contribution < -0.4 is 5.56 Å². The van der Waals surface area contributed by atoms with E-state index in [0.717, 1.165) is 18.5 Å². The van der Waals surface area contributed by atoms with Crippen molar-refractivity contribution in [1.29, 1.82) is 0 Å². The highest BCUT2D eigenvalue weighted by atomic mass is 16.4. The van der Waals surface area contributed by atoms with Gasteiger partial charge in [0.15, 0.2) is 0 Å². The monoisotopic (exact) mass is 251 g/mol. The average Bonchev–Trinajstić information content (AvgIpc) is 2.27. The van der Waals surface area contributed by atoms with E-state index in [9.17, 15) is 9.59 Å². The van der Waals surface area contributed by atoms with Crippen molar-refractivity contribution in [2.24, 2.45) is 5.41 Å². The highest BCUT2D eigenvalue weighted by molar-refractivity contribution is 5.73. The predicted molar refractivity (Wildman–Crippen MR) is 70.7 cm³/mol. The van der Waals surface area contributed by atoms with Crippen molar-refractivity contribution in [1.82, 2.24) is 4.57 Å². The fourth-order valence-corrected chi connectivity index (χ4v) is 1.85. The second-order valence-corrected chi connectivity index (χ2v) is 5.30. The van der Waals surface area contributed by atoms with Crippen molar-refractivity contribution in [3.63, 3.8) is 0 Å². The van der Waals surface area contributed by atoms with Gasteiger partial charge in [0.2, 0.25) is 0 Å². The highest BCUT2D eigenvalue weighted by Crippen LogP contribution is 2.23. The van der Waals surface area contributed by atoms with Crippen LogP contribution in [0.5, 0.6) is 0 Å². The van der Waals surface area contributed by atoms with Crippen LogP contribution in [-0.2, 0) is 11.3 Å². The van der Waals surface area contributed by atoms with Gasteiger partial charge in [-0.15, -0.1) is 0 Å². The zero-order chi connectivity index (χ0) is 13.8. The van der Waals surface area contributed by atoms with Crippen LogP contribution in [0.3, 0.4) is 0 Å². The first kappa shape index (κ1) is 14.5. The van der Waals surface area contributed by atoms with E-state index < -0.39 is 11.4 Å². The van der Waals surface area contributed by atoms with Crippen molar-refractivity contribution in [2.45, 2.75) is 46.6 Å². The highest BCUT2D eigenvalue weighted by Gasteiger charge is 2.25. The molecule has 1 aromatic rings. The molecule has 0 atom stereocenters. The molecule has 0 saturated carbocycles. The van der Waals surface area contributed by atoms with Crippen molar-refractivity contribution >= 4 is 5.97 Å². The molecule has 0 aliphatic heterocycles. The molecule has 4 heteroatoms. The summed E-state index contributed by atoms with van der Waals surface area (Å²) in [7, 11) is 0. The Morgan fingerprint density at radius 3 is 2.56 bits per heavy atom. The van der Waals surface area contributed by atoms with Gasteiger partial charge in [-0.25, -0.2) is 0 Å². The van der Waals surface area contributed by atoms with Crippen LogP contribution in [0.2, 0.25) is 0 Å². The maximum atomic E-state index is 11.6. The van der Waals surface area contributed by atoms with Crippen molar-refractivity contribution in [2.75, 3.05) is 0 Å². The lowest BCUT2D eigenvalue weighted by Crippen LogP contribution is -2.24. The standard InChI is InChI=1S/C14H21NO3/c1-11-7-6-8-12(16)15(11)10-5-4-9-14(2,3)13(17)18/h6-8H,4-5,9-10H2,1-3H3,(H,17,18). The first-order valence-corrected chi connectivity index (χ1v) is 6.24. The van der Waals surface area contributed by atoms with E-state index in [2.05, 4.69) is 0 Å². The van der Waals surface area contributed by atoms with Gasteiger partial charge in [-0.1, -0.05) is 12.5 Å². The summed E-state index contributed by atoms with van der Waals surface area (Å²) in [5.41, 5.74) is 0.268. The summed E-state index contributed by atoms with van der Waals surface area (Å²) in [4.78, 5) is 22.5. The molecule has 18 heavy (non-hydrogen) atoms. The Morgan fingerprint density at radius 1 is 1.33 bits per heavy atom. The third-order valence-electron chi connectivity index (χ3n) is 3.28. The van der Waals surface area contributed by atoms with Crippen molar-refractivity contribution in [3.05, 3.63) is 34.2 Å². The zero-order valence-electron chi connectivity index (χ0n) is 11.3. The lowest BCUT2D eigenvalue weighted by Gasteiger charge is -2.18. The number of hydrogen-bond donors (Lipinski definition) is 1. The average molecular weight is 251 g/mol. The number of rotatable bonds is 6. The van der Waals surface area contributed by atoms with Gasteiger partial charge < -0.3 is 9.67 Å². The van der Waals surface area contributed by atoms with E-state index >= 15 is 0 Å². The van der Waals surface area contributed by atoms with Crippen LogP contribution in [0.1, 0.15) is 38.8 Å². The number of carbonyl (C=O) groups is 1. The molecule has 0 aliphatic rings. The predicted octanol–water partition coefficient (Wildman–Crippen LogP) is 2.44. The lowest BCUT2D eigenvalue weighted by atomic mass is 9.87. The molecule has 0 bridgehead atoms. The summed E-state index contributed by atoms with van der Waals surface area (Å²) in [5.74, 6) is -0.768. The Kier molecular flexibility index (Phi) is 4.70. The Morgan fingerprint density at radius 2 is 2.00 bits per heavy atom. The van der Waals surface area contributed by atoms with E-state index in [0.29, 0.717) is 13.0 Å². The number of carboxylic acid groups (broad SMARTS) is 1. The molecule has 0 saturated heterocycles. The molecular weight excluding hydrogens is 230 g/mol. The number of aromatic nitrogens is 1. The summed E-state index contributed by atoms with van der Waals surface area (Å²) in [5, 5.41) is 8.99. The molecule has 0 unspecified atom stereocenters. The zero-order valence-corrected chi connectivity index (χ0v) is 11.3. The molecule has 4 nitrogen and oxygen atoms in total. The van der Waals surface area contributed by atoms with Gasteiger partial charge in [0, 0.05) is 18.3 Å². The normalized spacial score (nSPS) is 11.5. The first-order chi connectivity index (χ1) is 8.34. The topological polar surface area (TPSA) is 59.3 Å². The first-order valence-electron chi connectivity index (χ1n) is 6.24. The summed E-state index contributed by atoms with van der Waals surface area (Å²) in [6, 6.07) is 5.21. The molecule has 1 aromatic heterocycles. The fraction of sp³-hybridized carbons (Fsp3) is 0.571. The van der Waals surface area contributed by atoms with Gasteiger partial charge in [0.25, 0.3) is 5.56 Å². The summed E-state index contributed by atoms with van der Waals surface area (Å²) in [6.45, 7) is 6.02. The molecule has 1 rings (SSSR count).